The summed E-state index contributed by atoms with van der Waals surface area (Å²) in [5.41, 5.74) is 3.61. The van der Waals surface area contributed by atoms with Gasteiger partial charge in [-0.1, -0.05) is 0 Å². The number of hydrogen-bond donors (Lipinski definition) is 2. The van der Waals surface area contributed by atoms with Crippen molar-refractivity contribution in [3.05, 3.63) is 22.5 Å². The Morgan fingerprint density at radius 2 is 2.12 bits per heavy atom. The van der Waals surface area contributed by atoms with E-state index < -0.39 is 0 Å². The maximum absolute atomic E-state index is 11.7. The minimum Gasteiger partial charge on any atom is -0.462 e. The number of aryl methyl sites for hydroxylation is 1. The first kappa shape index (κ1) is 12.3. The van der Waals surface area contributed by atoms with Gasteiger partial charge in [0.2, 0.25) is 0 Å². The molecule has 0 aliphatic heterocycles. The second-order valence-electron chi connectivity index (χ2n) is 3.56. The normalized spacial score (nSPS) is 11.6. The van der Waals surface area contributed by atoms with Crippen molar-refractivity contribution in [1.29, 1.82) is 0 Å². The summed E-state index contributed by atoms with van der Waals surface area (Å²) < 4.78 is 4.99. The highest BCUT2D eigenvalue weighted by atomic mass is 16.5. The Kier molecular flexibility index (Phi) is 3.71. The highest BCUT2D eigenvalue weighted by Crippen LogP contribution is 2.19. The van der Waals surface area contributed by atoms with Crippen LogP contribution in [0.3, 0.4) is 0 Å². The Bertz CT molecular complexity index is 433. The number of rotatable bonds is 3. The van der Waals surface area contributed by atoms with E-state index in [2.05, 4.69) is 10.1 Å². The maximum atomic E-state index is 11.7. The van der Waals surface area contributed by atoms with Crippen molar-refractivity contribution in [1.82, 2.24) is 4.98 Å². The molecule has 5 heteroatoms. The molecule has 16 heavy (non-hydrogen) atoms. The summed E-state index contributed by atoms with van der Waals surface area (Å²) in [6.07, 6.45) is 0. The number of ether oxygens (including phenoxy) is 1. The Morgan fingerprint density at radius 3 is 2.62 bits per heavy atom. The lowest BCUT2D eigenvalue weighted by atomic mass is 10.1. The lowest BCUT2D eigenvalue weighted by Gasteiger charge is -2.02. The van der Waals surface area contributed by atoms with Gasteiger partial charge in [0, 0.05) is 5.69 Å². The van der Waals surface area contributed by atoms with E-state index in [1.54, 1.807) is 13.8 Å². The predicted octanol–water partition coefficient (Wildman–Crippen LogP) is 1.49. The molecular formula is C11H17N3O2. The van der Waals surface area contributed by atoms with Crippen LogP contribution in [0.2, 0.25) is 0 Å². The van der Waals surface area contributed by atoms with E-state index in [1.165, 1.54) is 0 Å². The number of esters is 1. The van der Waals surface area contributed by atoms with Crippen molar-refractivity contribution >= 4 is 11.7 Å². The number of H-pyrrole nitrogens is 1. The van der Waals surface area contributed by atoms with Crippen molar-refractivity contribution < 1.29 is 9.53 Å². The van der Waals surface area contributed by atoms with Crippen LogP contribution < -0.4 is 5.84 Å². The first-order valence-corrected chi connectivity index (χ1v) is 5.14. The molecule has 0 saturated carbocycles. The monoisotopic (exact) mass is 223 g/mol. The Balaban J connectivity index is 3.22. The standard InChI is InChI=1S/C11H17N3O2/c1-5-16-11(15)9-6(2)10(8(4)14-12)13-7(9)3/h13H,5,12H2,1-4H3/b14-8+. The summed E-state index contributed by atoms with van der Waals surface area (Å²) >= 11 is 0. The molecule has 0 atom stereocenters. The number of nitrogens with zero attached hydrogens (tertiary/aromatic N) is 1. The van der Waals surface area contributed by atoms with Crippen LogP contribution in [0.1, 0.15) is 41.2 Å². The van der Waals surface area contributed by atoms with E-state index in [0.29, 0.717) is 17.9 Å². The van der Waals surface area contributed by atoms with Crippen LogP contribution in [0.4, 0.5) is 0 Å². The number of aromatic nitrogens is 1. The zero-order chi connectivity index (χ0) is 12.3. The molecule has 0 aliphatic rings. The van der Waals surface area contributed by atoms with Gasteiger partial charge in [-0.25, -0.2) is 4.79 Å². The van der Waals surface area contributed by atoms with E-state index in [-0.39, 0.29) is 5.97 Å². The quantitative estimate of drug-likeness (QED) is 0.352. The summed E-state index contributed by atoms with van der Waals surface area (Å²) in [4.78, 5) is 14.8. The van der Waals surface area contributed by atoms with Gasteiger partial charge >= 0.3 is 5.97 Å². The largest absolute Gasteiger partial charge is 0.462 e. The highest BCUT2D eigenvalue weighted by Gasteiger charge is 2.20. The molecule has 3 N–H and O–H groups in total. The SMILES string of the molecule is CCOC(=O)c1c(C)[nH]c(/C(C)=N/N)c1C. The van der Waals surface area contributed by atoms with Gasteiger partial charge in [-0.3, -0.25) is 0 Å². The molecule has 0 bridgehead atoms. The molecule has 0 fully saturated rings. The van der Waals surface area contributed by atoms with Gasteiger partial charge < -0.3 is 15.6 Å². The van der Waals surface area contributed by atoms with E-state index in [4.69, 9.17) is 10.6 Å². The molecule has 1 heterocycles. The molecule has 1 rings (SSSR count). The summed E-state index contributed by atoms with van der Waals surface area (Å²) in [5, 5.41) is 3.61. The van der Waals surface area contributed by atoms with Crippen molar-refractivity contribution in [2.45, 2.75) is 27.7 Å². The Hall–Kier alpha value is -1.78. The number of nitrogens with one attached hydrogen (secondary N) is 1. The molecular weight excluding hydrogens is 206 g/mol. The summed E-state index contributed by atoms with van der Waals surface area (Å²) in [6, 6.07) is 0. The van der Waals surface area contributed by atoms with E-state index in [9.17, 15) is 4.79 Å². The molecule has 0 amide bonds. The van der Waals surface area contributed by atoms with Crippen LogP contribution in [-0.2, 0) is 4.74 Å². The van der Waals surface area contributed by atoms with E-state index >= 15 is 0 Å². The van der Waals surface area contributed by atoms with Crippen LogP contribution in [0, 0.1) is 13.8 Å². The molecule has 0 radical (unpaired) electrons. The average Bonchev–Trinajstić information content (AvgIpc) is 2.53. The molecule has 0 aromatic carbocycles. The van der Waals surface area contributed by atoms with Gasteiger partial charge in [0.15, 0.2) is 0 Å². The van der Waals surface area contributed by atoms with Crippen molar-refractivity contribution in [3.63, 3.8) is 0 Å². The topological polar surface area (TPSA) is 80.5 Å². The molecule has 0 aliphatic carbocycles. The molecule has 88 valence electrons. The fraction of sp³-hybridized carbons (Fsp3) is 0.455. The van der Waals surface area contributed by atoms with Gasteiger partial charge in [-0.15, -0.1) is 0 Å². The van der Waals surface area contributed by atoms with Crippen LogP contribution in [0.5, 0.6) is 0 Å². The lowest BCUT2D eigenvalue weighted by Crippen LogP contribution is -2.07. The second-order valence-corrected chi connectivity index (χ2v) is 3.56. The third-order valence-electron chi connectivity index (χ3n) is 2.47. The minimum atomic E-state index is -0.315. The zero-order valence-electron chi connectivity index (χ0n) is 10.0. The minimum absolute atomic E-state index is 0.315. The highest BCUT2D eigenvalue weighted by molar-refractivity contribution is 6.02. The number of aromatic amines is 1. The van der Waals surface area contributed by atoms with Crippen molar-refractivity contribution in [2.24, 2.45) is 10.9 Å². The zero-order valence-corrected chi connectivity index (χ0v) is 10.0. The summed E-state index contributed by atoms with van der Waals surface area (Å²) in [7, 11) is 0. The van der Waals surface area contributed by atoms with Gasteiger partial charge in [-0.2, -0.15) is 5.10 Å². The van der Waals surface area contributed by atoms with Crippen molar-refractivity contribution in [2.75, 3.05) is 6.61 Å². The fourth-order valence-electron chi connectivity index (χ4n) is 1.69. The molecule has 1 aromatic heterocycles. The predicted molar refractivity (Wildman–Crippen MR) is 62.6 cm³/mol. The van der Waals surface area contributed by atoms with Gasteiger partial charge in [-0.05, 0) is 33.3 Å². The van der Waals surface area contributed by atoms with E-state index in [1.807, 2.05) is 13.8 Å². The number of carbonyl (C=O) groups is 1. The van der Waals surface area contributed by atoms with Crippen molar-refractivity contribution in [3.8, 4) is 0 Å². The van der Waals surface area contributed by atoms with Crippen LogP contribution >= 0.6 is 0 Å². The number of hydrogen-bond acceptors (Lipinski definition) is 4. The number of nitrogens with two attached hydrogens (primary N) is 1. The second kappa shape index (κ2) is 4.83. The van der Waals surface area contributed by atoms with E-state index in [0.717, 1.165) is 17.0 Å². The maximum Gasteiger partial charge on any atom is 0.340 e. The third-order valence-corrected chi connectivity index (χ3v) is 2.47. The lowest BCUT2D eigenvalue weighted by molar-refractivity contribution is 0.0525. The third kappa shape index (κ3) is 2.08. The molecule has 5 nitrogen and oxygen atoms in total. The van der Waals surface area contributed by atoms with Gasteiger partial charge in [0.05, 0.1) is 23.6 Å². The number of carbonyl (C=O) groups excluding carboxylic acids is 1. The summed E-state index contributed by atoms with van der Waals surface area (Å²) in [6.45, 7) is 7.60. The molecule has 0 saturated heterocycles. The van der Waals surface area contributed by atoms with Gasteiger partial charge in [0.1, 0.15) is 0 Å². The fourth-order valence-corrected chi connectivity index (χ4v) is 1.69. The van der Waals surface area contributed by atoms with Gasteiger partial charge in [0.25, 0.3) is 0 Å². The average molecular weight is 223 g/mol. The molecule has 1 aromatic rings. The Labute approximate surface area is 94.7 Å². The smallest absolute Gasteiger partial charge is 0.340 e. The van der Waals surface area contributed by atoms with Crippen LogP contribution in [0.25, 0.3) is 0 Å². The molecule has 0 unspecified atom stereocenters. The van der Waals surface area contributed by atoms with Crippen LogP contribution in [-0.4, -0.2) is 23.3 Å². The van der Waals surface area contributed by atoms with Crippen LogP contribution in [0.15, 0.2) is 5.10 Å². The Morgan fingerprint density at radius 1 is 1.50 bits per heavy atom. The number of hydrazone groups is 1. The summed E-state index contributed by atoms with van der Waals surface area (Å²) in [5.74, 6) is 4.90. The molecule has 0 spiro atoms. The first-order valence-electron chi connectivity index (χ1n) is 5.14. The first-order chi connectivity index (χ1) is 7.52.